The van der Waals surface area contributed by atoms with E-state index in [1.54, 1.807) is 41.5 Å². The second-order valence-electron chi connectivity index (χ2n) is 10.7. The molecule has 196 valence electrons. The zero-order chi connectivity index (χ0) is 26.8. The maximum atomic E-state index is 13.1. The van der Waals surface area contributed by atoms with Gasteiger partial charge in [0.2, 0.25) is 0 Å². The van der Waals surface area contributed by atoms with Crippen LogP contribution < -0.4 is 4.90 Å². The van der Waals surface area contributed by atoms with Gasteiger partial charge in [-0.1, -0.05) is 12.1 Å². The average Bonchev–Trinajstić information content (AvgIpc) is 2.73. The van der Waals surface area contributed by atoms with Crippen LogP contribution in [0.3, 0.4) is 0 Å². The van der Waals surface area contributed by atoms with Gasteiger partial charge >= 0.3 is 18.3 Å². The minimum absolute atomic E-state index is 0.110. The Labute approximate surface area is 219 Å². The summed E-state index contributed by atoms with van der Waals surface area (Å²) in [5.41, 5.74) is -0.661. The highest BCUT2D eigenvalue weighted by Crippen LogP contribution is 2.33. The lowest BCUT2D eigenvalue weighted by Gasteiger charge is -2.33. The fourth-order valence-corrected chi connectivity index (χ4v) is 4.17. The summed E-state index contributed by atoms with van der Waals surface area (Å²) in [4.78, 5) is 46.2. The monoisotopic (exact) mass is 564 g/mol. The third-order valence-corrected chi connectivity index (χ3v) is 5.93. The van der Waals surface area contributed by atoms with Crippen LogP contribution in [0.25, 0.3) is 10.8 Å². The number of rotatable bonds is 3. The molecule has 1 fully saturated rings. The second kappa shape index (κ2) is 10.6. The normalized spacial score (nSPS) is 15.0. The first-order valence-electron chi connectivity index (χ1n) is 11.7. The zero-order valence-corrected chi connectivity index (χ0v) is 23.1. The van der Waals surface area contributed by atoms with Crippen molar-refractivity contribution < 1.29 is 29.0 Å². The molecule has 3 amide bonds. The first kappa shape index (κ1) is 27.7. The molecular weight excluding hydrogens is 532 g/mol. The molecule has 2 heterocycles. The van der Waals surface area contributed by atoms with Gasteiger partial charge in [-0.3, -0.25) is 4.90 Å². The van der Waals surface area contributed by atoms with Crippen molar-refractivity contribution in [2.45, 2.75) is 59.3 Å². The summed E-state index contributed by atoms with van der Waals surface area (Å²) in [5.74, 6) is 0.110. The number of nitrogens with zero attached hydrogens (tertiary/aromatic N) is 4. The Morgan fingerprint density at radius 1 is 0.972 bits per heavy atom. The van der Waals surface area contributed by atoms with Gasteiger partial charge in [-0.2, -0.15) is 4.90 Å². The number of benzene rings is 1. The molecule has 1 aliphatic rings. The Bertz CT molecular complexity index is 1120. The summed E-state index contributed by atoms with van der Waals surface area (Å²) in [6.45, 7) is 13.1. The van der Waals surface area contributed by atoms with Crippen molar-refractivity contribution in [2.24, 2.45) is 0 Å². The number of pyridine rings is 1. The van der Waals surface area contributed by atoms with Crippen molar-refractivity contribution in [3.63, 3.8) is 0 Å². The van der Waals surface area contributed by atoms with Crippen molar-refractivity contribution >= 4 is 50.8 Å². The summed E-state index contributed by atoms with van der Waals surface area (Å²) in [6.07, 6.45) is -1.13. The van der Waals surface area contributed by atoms with E-state index in [9.17, 15) is 14.4 Å². The number of carboxylic acid groups (broad SMARTS) is 1. The lowest BCUT2D eigenvalue weighted by Crippen LogP contribution is -2.47. The topological polar surface area (TPSA) is 113 Å². The Morgan fingerprint density at radius 3 is 2.03 bits per heavy atom. The number of piperazine rings is 1. The van der Waals surface area contributed by atoms with Crippen LogP contribution >= 0.6 is 15.9 Å². The van der Waals surface area contributed by atoms with Crippen LogP contribution in [0.2, 0.25) is 0 Å². The van der Waals surface area contributed by atoms with E-state index in [1.165, 1.54) is 11.1 Å². The van der Waals surface area contributed by atoms with Gasteiger partial charge in [0.1, 0.15) is 11.2 Å². The molecule has 3 rings (SSSR count). The SMILES string of the molecule is CC(C)(C)OC(=O)N(C(=O)OC(C)(C)C)c1ncc(Br)c2cc(CN3CCN(C(=O)O)CC3)ccc12. The number of amides is 3. The largest absolute Gasteiger partial charge is 0.465 e. The number of anilines is 1. The Morgan fingerprint density at radius 2 is 1.53 bits per heavy atom. The summed E-state index contributed by atoms with van der Waals surface area (Å²) in [5, 5.41) is 10.5. The lowest BCUT2D eigenvalue weighted by molar-refractivity contribution is 0.0429. The number of carbonyl (C=O) groups is 3. The molecule has 0 unspecified atom stereocenters. The molecule has 36 heavy (non-hydrogen) atoms. The summed E-state index contributed by atoms with van der Waals surface area (Å²) in [6, 6.07) is 5.69. The molecule has 1 aromatic heterocycles. The van der Waals surface area contributed by atoms with Crippen molar-refractivity contribution in [3.05, 3.63) is 34.4 Å². The molecule has 0 aliphatic carbocycles. The zero-order valence-electron chi connectivity index (χ0n) is 21.5. The number of ether oxygens (including phenoxy) is 2. The summed E-state index contributed by atoms with van der Waals surface area (Å²) in [7, 11) is 0. The smallest absolute Gasteiger partial charge is 0.425 e. The average molecular weight is 565 g/mol. The molecule has 0 saturated carbocycles. The van der Waals surface area contributed by atoms with Crippen LogP contribution in [0.1, 0.15) is 47.1 Å². The van der Waals surface area contributed by atoms with E-state index in [4.69, 9.17) is 14.6 Å². The number of fused-ring (bicyclic) bond motifs is 1. The number of hydrogen-bond donors (Lipinski definition) is 1. The minimum atomic E-state index is -0.899. The van der Waals surface area contributed by atoms with Crippen molar-refractivity contribution in [1.29, 1.82) is 0 Å². The first-order valence-corrected chi connectivity index (χ1v) is 12.5. The molecule has 1 N–H and O–H groups in total. The van der Waals surface area contributed by atoms with Gasteiger partial charge < -0.3 is 19.5 Å². The maximum Gasteiger partial charge on any atom is 0.425 e. The van der Waals surface area contributed by atoms with E-state index in [1.807, 2.05) is 18.2 Å². The molecule has 0 spiro atoms. The molecule has 1 aromatic carbocycles. The van der Waals surface area contributed by atoms with Crippen LogP contribution in [0.4, 0.5) is 20.2 Å². The highest BCUT2D eigenvalue weighted by atomic mass is 79.9. The Balaban J connectivity index is 1.95. The van der Waals surface area contributed by atoms with E-state index in [-0.39, 0.29) is 5.82 Å². The van der Waals surface area contributed by atoms with E-state index >= 15 is 0 Å². The number of hydrogen-bond acceptors (Lipinski definition) is 7. The van der Waals surface area contributed by atoms with Crippen molar-refractivity contribution in [1.82, 2.24) is 14.8 Å². The van der Waals surface area contributed by atoms with Crippen LogP contribution in [0, 0.1) is 0 Å². The van der Waals surface area contributed by atoms with E-state index < -0.39 is 29.5 Å². The van der Waals surface area contributed by atoms with E-state index in [0.717, 1.165) is 15.8 Å². The van der Waals surface area contributed by atoms with Crippen molar-refractivity contribution in [2.75, 3.05) is 31.1 Å². The van der Waals surface area contributed by atoms with Gasteiger partial charge in [0, 0.05) is 54.2 Å². The van der Waals surface area contributed by atoms with Crippen LogP contribution in [-0.4, -0.2) is 75.6 Å². The third kappa shape index (κ3) is 7.07. The van der Waals surface area contributed by atoms with Crippen LogP contribution in [0.5, 0.6) is 0 Å². The number of aromatic nitrogens is 1. The highest BCUT2D eigenvalue weighted by molar-refractivity contribution is 9.10. The molecule has 10 nitrogen and oxygen atoms in total. The van der Waals surface area contributed by atoms with Gasteiger partial charge in [0.25, 0.3) is 0 Å². The molecular formula is C25H33BrN4O6. The van der Waals surface area contributed by atoms with E-state index in [0.29, 0.717) is 42.6 Å². The number of halogens is 1. The maximum absolute atomic E-state index is 13.1. The van der Waals surface area contributed by atoms with Crippen LogP contribution in [-0.2, 0) is 16.0 Å². The lowest BCUT2D eigenvalue weighted by atomic mass is 10.1. The van der Waals surface area contributed by atoms with Crippen LogP contribution in [0.15, 0.2) is 28.9 Å². The molecule has 0 bridgehead atoms. The number of imide groups is 1. The second-order valence-corrected chi connectivity index (χ2v) is 11.5. The Hall–Kier alpha value is -2.92. The first-order chi connectivity index (χ1) is 16.6. The molecule has 11 heteroatoms. The van der Waals surface area contributed by atoms with Gasteiger partial charge in [-0.25, -0.2) is 19.4 Å². The van der Waals surface area contributed by atoms with Gasteiger partial charge in [-0.15, -0.1) is 0 Å². The van der Waals surface area contributed by atoms with Gasteiger partial charge in [0.15, 0.2) is 5.82 Å². The predicted octanol–water partition coefficient (Wildman–Crippen LogP) is 5.47. The summed E-state index contributed by atoms with van der Waals surface area (Å²) >= 11 is 3.54. The van der Waals surface area contributed by atoms with Crippen molar-refractivity contribution in [3.8, 4) is 0 Å². The standard InChI is InChI=1S/C25H33BrN4O6/c1-24(2,3)35-22(33)30(23(34)36-25(4,5)6)20-17-8-7-16(13-18(17)19(26)14-27-20)15-28-9-11-29(12-10-28)21(31)32/h7-8,13-14H,9-12,15H2,1-6H3,(H,31,32). The predicted molar refractivity (Wildman–Crippen MR) is 139 cm³/mol. The minimum Gasteiger partial charge on any atom is -0.465 e. The third-order valence-electron chi connectivity index (χ3n) is 5.30. The highest BCUT2D eigenvalue weighted by Gasteiger charge is 2.35. The fourth-order valence-electron chi connectivity index (χ4n) is 3.74. The molecule has 0 atom stereocenters. The molecule has 1 aliphatic heterocycles. The summed E-state index contributed by atoms with van der Waals surface area (Å²) < 4.78 is 11.7. The number of carbonyl (C=O) groups excluding carboxylic acids is 2. The van der Waals surface area contributed by atoms with Gasteiger partial charge in [0.05, 0.1) is 0 Å². The van der Waals surface area contributed by atoms with E-state index in [2.05, 4.69) is 25.8 Å². The van der Waals surface area contributed by atoms with Gasteiger partial charge in [-0.05, 0) is 69.1 Å². The molecule has 0 radical (unpaired) electrons. The quantitative estimate of drug-likeness (QED) is 0.522. The fraction of sp³-hybridized carbons (Fsp3) is 0.520. The Kier molecular flexibility index (Phi) is 8.14. The molecule has 1 saturated heterocycles. The molecule has 2 aromatic rings.